The molecule has 3 heterocycles. The number of nitrogens with zero attached hydrogens (tertiary/aromatic N) is 4. The average Bonchev–Trinajstić information content (AvgIpc) is 3.36. The van der Waals surface area contributed by atoms with Crippen LogP contribution in [0.5, 0.6) is 0 Å². The molecule has 6 heteroatoms. The third kappa shape index (κ3) is 2.54. The van der Waals surface area contributed by atoms with Crippen LogP contribution in [-0.2, 0) is 7.05 Å². The van der Waals surface area contributed by atoms with Crippen molar-refractivity contribution in [3.63, 3.8) is 0 Å². The molecule has 1 saturated carbocycles. The lowest BCUT2D eigenvalue weighted by Gasteiger charge is -2.08. The van der Waals surface area contributed by atoms with Crippen molar-refractivity contribution in [1.82, 2.24) is 19.7 Å². The summed E-state index contributed by atoms with van der Waals surface area (Å²) in [4.78, 5) is 21.8. The van der Waals surface area contributed by atoms with Gasteiger partial charge in [0.15, 0.2) is 5.65 Å². The first-order valence-corrected chi connectivity index (χ1v) is 8.11. The van der Waals surface area contributed by atoms with Gasteiger partial charge >= 0.3 is 0 Å². The summed E-state index contributed by atoms with van der Waals surface area (Å²) in [6.07, 6.45) is 4.01. The maximum absolute atomic E-state index is 12.9. The van der Waals surface area contributed by atoms with Crippen molar-refractivity contribution < 1.29 is 4.79 Å². The van der Waals surface area contributed by atoms with E-state index in [9.17, 15) is 4.79 Å². The van der Waals surface area contributed by atoms with Crippen molar-refractivity contribution in [3.05, 3.63) is 46.9 Å². The Labute approximate surface area is 139 Å². The minimum absolute atomic E-state index is 0.170. The zero-order valence-electron chi connectivity index (χ0n) is 14.0. The number of aromatic nitrogens is 4. The fourth-order valence-electron chi connectivity index (χ4n) is 2.96. The predicted octanol–water partition coefficient (Wildman–Crippen LogP) is 3.11. The molecule has 0 unspecified atom stereocenters. The van der Waals surface area contributed by atoms with Gasteiger partial charge in [-0.05, 0) is 44.4 Å². The number of carbonyl (C=O) groups is 1. The van der Waals surface area contributed by atoms with Crippen LogP contribution in [-0.4, -0.2) is 25.7 Å². The summed E-state index contributed by atoms with van der Waals surface area (Å²) >= 11 is 0. The predicted molar refractivity (Wildman–Crippen MR) is 92.1 cm³/mol. The van der Waals surface area contributed by atoms with Gasteiger partial charge in [0.1, 0.15) is 5.82 Å². The number of aryl methyl sites for hydroxylation is 3. The number of carbonyl (C=O) groups excluding carboxylic acids is 1. The van der Waals surface area contributed by atoms with Gasteiger partial charge in [0.05, 0.1) is 16.6 Å². The molecule has 1 N–H and O–H groups in total. The van der Waals surface area contributed by atoms with Crippen LogP contribution in [0.3, 0.4) is 0 Å². The standard InChI is InChI=1S/C18H19N5O/c1-10-4-7-15(19-9-10)21-18(24)13-8-14(12-5-6-12)20-17-16(13)11(2)22-23(17)3/h4,7-9,12H,5-6H2,1-3H3,(H,19,21,24). The SMILES string of the molecule is Cc1ccc(NC(=O)c2cc(C3CC3)nc3c2c(C)nn3C)nc1. The van der Waals surface area contributed by atoms with Crippen LogP contribution in [0.2, 0.25) is 0 Å². The Hall–Kier alpha value is -2.76. The van der Waals surface area contributed by atoms with Crippen molar-refractivity contribution in [2.24, 2.45) is 7.05 Å². The molecule has 3 aromatic rings. The quantitative estimate of drug-likeness (QED) is 0.804. The van der Waals surface area contributed by atoms with Gasteiger partial charge < -0.3 is 5.32 Å². The molecule has 1 aliphatic rings. The van der Waals surface area contributed by atoms with Gasteiger partial charge in [0.25, 0.3) is 5.91 Å². The summed E-state index contributed by atoms with van der Waals surface area (Å²) in [5.41, 5.74) is 4.23. The summed E-state index contributed by atoms with van der Waals surface area (Å²) < 4.78 is 1.75. The minimum Gasteiger partial charge on any atom is -0.307 e. The van der Waals surface area contributed by atoms with Crippen LogP contribution in [0.15, 0.2) is 24.4 Å². The molecule has 0 aromatic carbocycles. The van der Waals surface area contributed by atoms with Crippen molar-refractivity contribution in [1.29, 1.82) is 0 Å². The molecule has 0 radical (unpaired) electrons. The largest absolute Gasteiger partial charge is 0.307 e. The molecule has 0 aliphatic heterocycles. The zero-order valence-corrected chi connectivity index (χ0v) is 14.0. The fourth-order valence-corrected chi connectivity index (χ4v) is 2.96. The second-order valence-corrected chi connectivity index (χ2v) is 6.45. The van der Waals surface area contributed by atoms with Crippen molar-refractivity contribution >= 4 is 22.8 Å². The van der Waals surface area contributed by atoms with Crippen LogP contribution < -0.4 is 5.32 Å². The van der Waals surface area contributed by atoms with Gasteiger partial charge in [0.2, 0.25) is 0 Å². The number of hydrogen-bond donors (Lipinski definition) is 1. The number of fused-ring (bicyclic) bond motifs is 1. The van der Waals surface area contributed by atoms with Crippen molar-refractivity contribution in [2.45, 2.75) is 32.6 Å². The van der Waals surface area contributed by atoms with Crippen LogP contribution in [0.4, 0.5) is 5.82 Å². The Morgan fingerprint density at radius 3 is 2.75 bits per heavy atom. The summed E-state index contributed by atoms with van der Waals surface area (Å²) in [6.45, 7) is 3.87. The molecule has 6 nitrogen and oxygen atoms in total. The molecule has 122 valence electrons. The van der Waals surface area contributed by atoms with Crippen LogP contribution in [0.25, 0.3) is 11.0 Å². The van der Waals surface area contributed by atoms with E-state index in [1.54, 1.807) is 10.9 Å². The van der Waals surface area contributed by atoms with E-state index in [2.05, 4.69) is 15.4 Å². The Morgan fingerprint density at radius 2 is 2.08 bits per heavy atom. The van der Waals surface area contributed by atoms with Crippen LogP contribution in [0.1, 0.15) is 46.1 Å². The van der Waals surface area contributed by atoms with Crippen LogP contribution >= 0.6 is 0 Å². The van der Waals surface area contributed by atoms with E-state index >= 15 is 0 Å². The molecule has 3 aromatic heterocycles. The third-order valence-corrected chi connectivity index (χ3v) is 4.38. The van der Waals surface area contributed by atoms with Gasteiger partial charge in [-0.15, -0.1) is 0 Å². The number of anilines is 1. The van der Waals surface area contributed by atoms with Gasteiger partial charge in [-0.2, -0.15) is 5.10 Å². The number of hydrogen-bond acceptors (Lipinski definition) is 4. The van der Waals surface area contributed by atoms with Gasteiger partial charge in [-0.3, -0.25) is 9.48 Å². The molecule has 1 amide bonds. The highest BCUT2D eigenvalue weighted by atomic mass is 16.1. The fraction of sp³-hybridized carbons (Fsp3) is 0.333. The molecule has 0 spiro atoms. The van der Waals surface area contributed by atoms with E-state index in [0.717, 1.165) is 40.8 Å². The first-order chi connectivity index (χ1) is 11.5. The Balaban J connectivity index is 1.79. The molecule has 24 heavy (non-hydrogen) atoms. The number of nitrogens with one attached hydrogen (secondary N) is 1. The number of amides is 1. The average molecular weight is 321 g/mol. The van der Waals surface area contributed by atoms with Gasteiger partial charge in [-0.1, -0.05) is 6.07 Å². The molecule has 0 saturated heterocycles. The molecular weight excluding hydrogens is 302 g/mol. The topological polar surface area (TPSA) is 72.7 Å². The maximum atomic E-state index is 12.9. The number of pyridine rings is 2. The molecule has 0 bridgehead atoms. The first-order valence-electron chi connectivity index (χ1n) is 8.11. The van der Waals surface area contributed by atoms with E-state index in [4.69, 9.17) is 4.98 Å². The Bertz CT molecular complexity index is 938. The van der Waals surface area contributed by atoms with Crippen molar-refractivity contribution in [3.8, 4) is 0 Å². The lowest BCUT2D eigenvalue weighted by molar-refractivity contribution is 0.102. The lowest BCUT2D eigenvalue weighted by Crippen LogP contribution is -2.14. The summed E-state index contributed by atoms with van der Waals surface area (Å²) in [6, 6.07) is 5.65. The summed E-state index contributed by atoms with van der Waals surface area (Å²) in [5, 5.41) is 8.13. The van der Waals surface area contributed by atoms with E-state index in [0.29, 0.717) is 17.3 Å². The summed E-state index contributed by atoms with van der Waals surface area (Å²) in [7, 11) is 1.86. The normalized spacial score (nSPS) is 14.1. The Kier molecular flexibility index (Phi) is 3.33. The monoisotopic (exact) mass is 321 g/mol. The molecule has 0 atom stereocenters. The molecule has 4 rings (SSSR count). The second-order valence-electron chi connectivity index (χ2n) is 6.45. The van der Waals surface area contributed by atoms with Gasteiger partial charge in [0, 0.05) is 24.9 Å². The number of rotatable bonds is 3. The van der Waals surface area contributed by atoms with Crippen molar-refractivity contribution in [2.75, 3.05) is 5.32 Å². The zero-order chi connectivity index (χ0) is 16.8. The van der Waals surface area contributed by atoms with Crippen LogP contribution in [0, 0.1) is 13.8 Å². The highest BCUT2D eigenvalue weighted by Crippen LogP contribution is 2.40. The van der Waals surface area contributed by atoms with E-state index < -0.39 is 0 Å². The van der Waals surface area contributed by atoms with Gasteiger partial charge in [-0.25, -0.2) is 9.97 Å². The van der Waals surface area contributed by atoms with E-state index in [-0.39, 0.29) is 5.91 Å². The second kappa shape index (κ2) is 5.40. The Morgan fingerprint density at radius 1 is 1.29 bits per heavy atom. The lowest BCUT2D eigenvalue weighted by atomic mass is 10.1. The summed E-state index contributed by atoms with van der Waals surface area (Å²) in [5.74, 6) is 0.843. The highest BCUT2D eigenvalue weighted by Gasteiger charge is 2.28. The first kappa shape index (κ1) is 14.8. The minimum atomic E-state index is -0.170. The smallest absolute Gasteiger partial charge is 0.257 e. The highest BCUT2D eigenvalue weighted by molar-refractivity contribution is 6.12. The molecule has 1 fully saturated rings. The third-order valence-electron chi connectivity index (χ3n) is 4.38. The van der Waals surface area contributed by atoms with E-state index in [1.807, 2.05) is 39.1 Å². The molecular formula is C18H19N5O. The molecule has 1 aliphatic carbocycles. The van der Waals surface area contributed by atoms with E-state index in [1.165, 1.54) is 0 Å². The maximum Gasteiger partial charge on any atom is 0.257 e.